The zero-order valence-corrected chi connectivity index (χ0v) is 8.36. The van der Waals surface area contributed by atoms with Gasteiger partial charge in [-0.15, -0.1) is 6.58 Å². The van der Waals surface area contributed by atoms with Crippen molar-refractivity contribution in [2.45, 2.75) is 12.8 Å². The first kappa shape index (κ1) is 9.63. The summed E-state index contributed by atoms with van der Waals surface area (Å²) in [5, 5.41) is 1.19. The zero-order valence-electron chi connectivity index (χ0n) is 6.85. The van der Waals surface area contributed by atoms with Gasteiger partial charge < -0.3 is 0 Å². The molecule has 0 heterocycles. The molecule has 0 amide bonds. The molecular weight excluding hydrogens is 191 g/mol. The first-order valence-electron chi connectivity index (χ1n) is 3.72. The lowest BCUT2D eigenvalue weighted by atomic mass is 10.0. The van der Waals surface area contributed by atoms with Gasteiger partial charge in [-0.2, -0.15) is 0 Å². The van der Waals surface area contributed by atoms with Crippen LogP contribution in [0.4, 0.5) is 0 Å². The Balaban J connectivity index is 3.04. The summed E-state index contributed by atoms with van der Waals surface area (Å²) >= 11 is 11.6. The molecule has 2 heteroatoms. The molecule has 1 aromatic carbocycles. The van der Waals surface area contributed by atoms with E-state index in [1.54, 1.807) is 6.07 Å². The van der Waals surface area contributed by atoms with Crippen molar-refractivity contribution < 1.29 is 0 Å². The zero-order chi connectivity index (χ0) is 9.14. The molecule has 0 aromatic heterocycles. The van der Waals surface area contributed by atoms with Crippen molar-refractivity contribution in [2.24, 2.45) is 0 Å². The second-order valence-electron chi connectivity index (χ2n) is 2.70. The summed E-state index contributed by atoms with van der Waals surface area (Å²) < 4.78 is 0. The number of rotatable bonds is 2. The van der Waals surface area contributed by atoms with Gasteiger partial charge in [-0.1, -0.05) is 42.3 Å². The van der Waals surface area contributed by atoms with Crippen molar-refractivity contribution in [3.8, 4) is 0 Å². The number of allylic oxidation sites excluding steroid dienone is 1. The van der Waals surface area contributed by atoms with Crippen LogP contribution in [0.15, 0.2) is 30.9 Å². The highest BCUT2D eigenvalue weighted by Crippen LogP contribution is 2.26. The molecule has 0 unspecified atom stereocenters. The summed E-state index contributed by atoms with van der Waals surface area (Å²) in [7, 11) is 0. The van der Waals surface area contributed by atoms with Gasteiger partial charge in [-0.25, -0.2) is 0 Å². The highest BCUT2D eigenvalue weighted by atomic mass is 35.5. The van der Waals surface area contributed by atoms with Gasteiger partial charge in [0.05, 0.1) is 10.0 Å². The maximum absolute atomic E-state index is 5.85. The maximum Gasteiger partial charge on any atom is 0.0595 e. The minimum atomic E-state index is 0.319. The molecule has 0 radical (unpaired) electrons. The first-order valence-corrected chi connectivity index (χ1v) is 4.48. The van der Waals surface area contributed by atoms with Crippen LogP contribution in [-0.4, -0.2) is 0 Å². The van der Waals surface area contributed by atoms with Crippen molar-refractivity contribution in [1.29, 1.82) is 0 Å². The van der Waals surface area contributed by atoms with Crippen LogP contribution in [-0.2, 0) is 0 Å². The molecule has 1 aromatic rings. The Kier molecular flexibility index (Phi) is 3.19. The minimum absolute atomic E-state index is 0.319. The smallest absolute Gasteiger partial charge is 0.0595 e. The maximum atomic E-state index is 5.85. The highest BCUT2D eigenvalue weighted by molar-refractivity contribution is 6.42. The molecule has 0 N–H and O–H groups in total. The van der Waals surface area contributed by atoms with E-state index in [4.69, 9.17) is 23.2 Å². The monoisotopic (exact) mass is 200 g/mol. The Morgan fingerprint density at radius 3 is 2.50 bits per heavy atom. The fraction of sp³-hybridized carbons (Fsp3) is 0.200. The van der Waals surface area contributed by atoms with Crippen LogP contribution >= 0.6 is 23.2 Å². The van der Waals surface area contributed by atoms with E-state index in [0.717, 1.165) is 5.56 Å². The summed E-state index contributed by atoms with van der Waals surface area (Å²) in [4.78, 5) is 0. The van der Waals surface area contributed by atoms with Gasteiger partial charge in [0.2, 0.25) is 0 Å². The molecule has 0 fully saturated rings. The van der Waals surface area contributed by atoms with Crippen LogP contribution in [0.3, 0.4) is 0 Å². The first-order chi connectivity index (χ1) is 5.65. The van der Waals surface area contributed by atoms with Gasteiger partial charge in [-0.05, 0) is 23.6 Å². The van der Waals surface area contributed by atoms with E-state index in [0.29, 0.717) is 16.0 Å². The molecule has 0 aliphatic carbocycles. The Hall–Kier alpha value is -0.460. The largest absolute Gasteiger partial charge is 0.102 e. The third kappa shape index (κ3) is 2.02. The fourth-order valence-electron chi connectivity index (χ4n) is 0.932. The third-order valence-electron chi connectivity index (χ3n) is 1.82. The van der Waals surface area contributed by atoms with Crippen LogP contribution in [0.2, 0.25) is 10.0 Å². The molecule has 0 saturated carbocycles. The normalized spacial score (nSPS) is 12.6. The van der Waals surface area contributed by atoms with E-state index in [1.807, 2.05) is 18.2 Å². The summed E-state index contributed by atoms with van der Waals surface area (Å²) in [5.74, 6) is 0.319. The van der Waals surface area contributed by atoms with Crippen molar-refractivity contribution in [2.75, 3.05) is 0 Å². The summed E-state index contributed by atoms with van der Waals surface area (Å²) in [5.41, 5.74) is 1.14. The quantitative estimate of drug-likeness (QED) is 0.626. The van der Waals surface area contributed by atoms with Crippen LogP contribution in [0.5, 0.6) is 0 Å². The molecule has 12 heavy (non-hydrogen) atoms. The Morgan fingerprint density at radius 1 is 1.33 bits per heavy atom. The van der Waals surface area contributed by atoms with Crippen molar-refractivity contribution in [1.82, 2.24) is 0 Å². The Morgan fingerprint density at radius 2 is 2.00 bits per heavy atom. The summed E-state index contributed by atoms with van der Waals surface area (Å²) in [6.45, 7) is 5.78. The average Bonchev–Trinajstić information content (AvgIpc) is 2.08. The van der Waals surface area contributed by atoms with E-state index in [9.17, 15) is 0 Å². The molecule has 0 aliphatic rings. The standard InChI is InChI=1S/C10H10Cl2/c1-3-7(2)8-4-5-9(11)10(12)6-8/h3-7H,1H2,2H3/t7-/m0/s1. The average molecular weight is 201 g/mol. The second kappa shape index (κ2) is 3.97. The predicted octanol–water partition coefficient (Wildman–Crippen LogP) is 4.28. The number of halogens is 2. The van der Waals surface area contributed by atoms with Crippen LogP contribution in [0, 0.1) is 0 Å². The lowest BCUT2D eigenvalue weighted by molar-refractivity contribution is 0.971. The highest BCUT2D eigenvalue weighted by Gasteiger charge is 2.03. The molecule has 0 bridgehead atoms. The lowest BCUT2D eigenvalue weighted by Crippen LogP contribution is -1.87. The molecule has 0 spiro atoms. The van der Waals surface area contributed by atoms with Gasteiger partial charge in [0.25, 0.3) is 0 Å². The van der Waals surface area contributed by atoms with Gasteiger partial charge in [-0.3, -0.25) is 0 Å². The minimum Gasteiger partial charge on any atom is -0.102 e. The summed E-state index contributed by atoms with van der Waals surface area (Å²) in [6.07, 6.45) is 1.87. The number of benzene rings is 1. The van der Waals surface area contributed by atoms with Crippen LogP contribution < -0.4 is 0 Å². The fourth-order valence-corrected chi connectivity index (χ4v) is 1.24. The van der Waals surface area contributed by atoms with E-state index >= 15 is 0 Å². The number of hydrogen-bond donors (Lipinski definition) is 0. The molecule has 0 aliphatic heterocycles. The Labute approximate surface area is 82.8 Å². The predicted molar refractivity (Wildman–Crippen MR) is 55.1 cm³/mol. The molecule has 0 nitrogen and oxygen atoms in total. The van der Waals surface area contributed by atoms with Crippen LogP contribution in [0.1, 0.15) is 18.4 Å². The molecule has 1 atom stereocenters. The van der Waals surface area contributed by atoms with Gasteiger partial charge in [0.1, 0.15) is 0 Å². The second-order valence-corrected chi connectivity index (χ2v) is 3.51. The van der Waals surface area contributed by atoms with Crippen molar-refractivity contribution in [3.63, 3.8) is 0 Å². The van der Waals surface area contributed by atoms with Crippen molar-refractivity contribution >= 4 is 23.2 Å². The van der Waals surface area contributed by atoms with Gasteiger partial charge in [0, 0.05) is 0 Å². The third-order valence-corrected chi connectivity index (χ3v) is 2.56. The van der Waals surface area contributed by atoms with E-state index < -0.39 is 0 Å². The number of hydrogen-bond acceptors (Lipinski definition) is 0. The van der Waals surface area contributed by atoms with E-state index in [1.165, 1.54) is 0 Å². The molecule has 64 valence electrons. The molecular formula is C10H10Cl2. The molecule has 0 saturated heterocycles. The van der Waals surface area contributed by atoms with E-state index in [-0.39, 0.29) is 0 Å². The van der Waals surface area contributed by atoms with Crippen LogP contribution in [0.25, 0.3) is 0 Å². The van der Waals surface area contributed by atoms with Gasteiger partial charge in [0.15, 0.2) is 0 Å². The lowest BCUT2D eigenvalue weighted by Gasteiger charge is -2.06. The SMILES string of the molecule is C=C[C@H](C)c1ccc(Cl)c(Cl)c1. The summed E-state index contributed by atoms with van der Waals surface area (Å²) in [6, 6.07) is 5.63. The van der Waals surface area contributed by atoms with Gasteiger partial charge >= 0.3 is 0 Å². The molecule has 1 rings (SSSR count). The van der Waals surface area contributed by atoms with Crippen molar-refractivity contribution in [3.05, 3.63) is 46.5 Å². The topological polar surface area (TPSA) is 0 Å². The van der Waals surface area contributed by atoms with E-state index in [2.05, 4.69) is 13.5 Å². The Bertz CT molecular complexity index is 292.